The lowest BCUT2D eigenvalue weighted by Gasteiger charge is -2.05. The van der Waals surface area contributed by atoms with Crippen LogP contribution >= 0.6 is 11.8 Å². The van der Waals surface area contributed by atoms with Crippen molar-refractivity contribution >= 4 is 17.5 Å². The van der Waals surface area contributed by atoms with E-state index in [9.17, 15) is 4.79 Å². The summed E-state index contributed by atoms with van der Waals surface area (Å²) in [5.74, 6) is 1.18. The summed E-state index contributed by atoms with van der Waals surface area (Å²) in [4.78, 5) is 12.3. The van der Waals surface area contributed by atoms with Crippen LogP contribution in [0.25, 0.3) is 11.5 Å². The Morgan fingerprint density at radius 3 is 2.67 bits per heavy atom. The molecule has 6 heteroatoms. The summed E-state index contributed by atoms with van der Waals surface area (Å²) < 4.78 is 10.9. The lowest BCUT2D eigenvalue weighted by atomic mass is 10.1. The maximum Gasteiger partial charge on any atom is 0.277 e. The summed E-state index contributed by atoms with van der Waals surface area (Å²) in [6.45, 7) is 1.98. The number of rotatable bonds is 6. The van der Waals surface area contributed by atoms with Crippen molar-refractivity contribution in [2.75, 3.05) is 12.9 Å². The number of ether oxygens (including phenoxy) is 1. The Kier molecular flexibility index (Phi) is 4.96. The number of nitrogens with zero attached hydrogens (tertiary/aromatic N) is 2. The van der Waals surface area contributed by atoms with Gasteiger partial charge in [0.1, 0.15) is 5.75 Å². The zero-order chi connectivity index (χ0) is 16.9. The van der Waals surface area contributed by atoms with Crippen LogP contribution in [-0.2, 0) is 0 Å². The molecular weight excluding hydrogens is 324 g/mol. The molecule has 0 fully saturated rings. The molecule has 0 aliphatic rings. The highest BCUT2D eigenvalue weighted by Crippen LogP contribution is 2.27. The maximum absolute atomic E-state index is 12.3. The highest BCUT2D eigenvalue weighted by Gasteiger charge is 2.15. The van der Waals surface area contributed by atoms with Gasteiger partial charge in [-0.1, -0.05) is 42.1 Å². The van der Waals surface area contributed by atoms with Crippen LogP contribution in [-0.4, -0.2) is 28.8 Å². The summed E-state index contributed by atoms with van der Waals surface area (Å²) in [6, 6.07) is 14.9. The van der Waals surface area contributed by atoms with Gasteiger partial charge < -0.3 is 9.15 Å². The molecule has 3 rings (SSSR count). The van der Waals surface area contributed by atoms with Crippen molar-refractivity contribution in [2.45, 2.75) is 12.1 Å². The minimum absolute atomic E-state index is 0.0481. The van der Waals surface area contributed by atoms with Gasteiger partial charge in [0, 0.05) is 5.56 Å². The van der Waals surface area contributed by atoms with E-state index in [1.807, 2.05) is 43.3 Å². The van der Waals surface area contributed by atoms with Gasteiger partial charge in [-0.3, -0.25) is 4.79 Å². The molecule has 24 heavy (non-hydrogen) atoms. The van der Waals surface area contributed by atoms with Crippen LogP contribution in [0.4, 0.5) is 0 Å². The number of aryl methyl sites for hydroxylation is 1. The third-order valence-corrected chi connectivity index (χ3v) is 4.33. The zero-order valence-electron chi connectivity index (χ0n) is 13.4. The van der Waals surface area contributed by atoms with Crippen LogP contribution in [0.1, 0.15) is 15.9 Å². The van der Waals surface area contributed by atoms with Crippen LogP contribution in [0.15, 0.2) is 58.2 Å². The first-order valence-electron chi connectivity index (χ1n) is 7.37. The molecule has 1 heterocycles. The number of aromatic nitrogens is 2. The molecule has 122 valence electrons. The van der Waals surface area contributed by atoms with Crippen molar-refractivity contribution in [3.8, 4) is 17.2 Å². The third kappa shape index (κ3) is 3.49. The minimum atomic E-state index is -0.0481. The van der Waals surface area contributed by atoms with E-state index in [0.29, 0.717) is 22.4 Å². The first-order valence-corrected chi connectivity index (χ1v) is 8.36. The van der Waals surface area contributed by atoms with Gasteiger partial charge in [0.15, 0.2) is 5.78 Å². The average molecular weight is 340 g/mol. The average Bonchev–Trinajstić information content (AvgIpc) is 3.08. The number of hydrogen-bond acceptors (Lipinski definition) is 6. The molecular formula is C18H16N2O3S. The van der Waals surface area contributed by atoms with E-state index in [2.05, 4.69) is 10.2 Å². The fourth-order valence-electron chi connectivity index (χ4n) is 2.27. The Labute approximate surface area is 144 Å². The number of carbonyl (C=O) groups excluding carboxylic acids is 1. The van der Waals surface area contributed by atoms with Crippen LogP contribution in [0, 0.1) is 6.92 Å². The first-order chi connectivity index (χ1) is 11.7. The van der Waals surface area contributed by atoms with Crippen molar-refractivity contribution in [3.05, 3.63) is 59.7 Å². The van der Waals surface area contributed by atoms with Crippen molar-refractivity contribution in [1.82, 2.24) is 10.2 Å². The summed E-state index contributed by atoms with van der Waals surface area (Å²) in [5.41, 5.74) is 2.50. The van der Waals surface area contributed by atoms with E-state index in [1.54, 1.807) is 19.2 Å². The Morgan fingerprint density at radius 2 is 1.88 bits per heavy atom. The molecule has 0 unspecified atom stereocenters. The molecule has 0 bridgehead atoms. The molecule has 2 aromatic carbocycles. The summed E-state index contributed by atoms with van der Waals surface area (Å²) >= 11 is 1.22. The quantitative estimate of drug-likeness (QED) is 0.499. The number of benzene rings is 2. The third-order valence-electron chi connectivity index (χ3n) is 3.52. The van der Waals surface area contributed by atoms with E-state index < -0.39 is 0 Å². The summed E-state index contributed by atoms with van der Waals surface area (Å²) in [7, 11) is 1.55. The maximum atomic E-state index is 12.3. The second-order valence-electron chi connectivity index (χ2n) is 5.10. The lowest BCUT2D eigenvalue weighted by molar-refractivity contribution is 0.101. The van der Waals surface area contributed by atoms with Gasteiger partial charge in [0.05, 0.1) is 18.4 Å². The normalized spacial score (nSPS) is 10.6. The van der Waals surface area contributed by atoms with Gasteiger partial charge >= 0.3 is 0 Å². The number of para-hydroxylation sites is 1. The molecule has 1 aromatic heterocycles. The number of methoxy groups -OCH3 is 1. The van der Waals surface area contributed by atoms with Gasteiger partial charge in [0.25, 0.3) is 5.22 Å². The zero-order valence-corrected chi connectivity index (χ0v) is 14.2. The lowest BCUT2D eigenvalue weighted by Crippen LogP contribution is -2.04. The topological polar surface area (TPSA) is 65.2 Å². The highest BCUT2D eigenvalue weighted by molar-refractivity contribution is 7.99. The summed E-state index contributed by atoms with van der Waals surface area (Å²) in [6.07, 6.45) is 0. The number of thioether (sulfide) groups is 1. The molecule has 0 radical (unpaired) electrons. The SMILES string of the molecule is COc1ccccc1C(=O)CSc1nnc(-c2ccccc2C)o1. The number of Topliss-reactive ketones (excluding diaryl/α,β-unsaturated/α-hetero) is 1. The standard InChI is InChI=1S/C18H16N2O3S/c1-12-7-3-4-8-13(12)17-19-20-18(23-17)24-11-15(21)14-9-5-6-10-16(14)22-2/h3-10H,11H2,1-2H3. The van der Waals surface area contributed by atoms with E-state index in [1.165, 1.54) is 11.8 Å². The van der Waals surface area contributed by atoms with Gasteiger partial charge in [-0.05, 0) is 30.7 Å². The molecule has 0 aliphatic carbocycles. The molecule has 3 aromatic rings. The van der Waals surface area contributed by atoms with E-state index in [-0.39, 0.29) is 11.5 Å². The Morgan fingerprint density at radius 1 is 1.12 bits per heavy atom. The number of carbonyl (C=O) groups is 1. The van der Waals surface area contributed by atoms with E-state index in [0.717, 1.165) is 11.1 Å². The molecule has 0 atom stereocenters. The van der Waals surface area contributed by atoms with Crippen LogP contribution in [0.2, 0.25) is 0 Å². The molecule has 0 N–H and O–H groups in total. The monoisotopic (exact) mass is 340 g/mol. The fourth-order valence-corrected chi connectivity index (χ4v) is 2.92. The molecule has 0 aliphatic heterocycles. The van der Waals surface area contributed by atoms with Crippen molar-refractivity contribution < 1.29 is 13.9 Å². The van der Waals surface area contributed by atoms with Crippen LogP contribution < -0.4 is 4.74 Å². The predicted octanol–water partition coefficient (Wildman–Crippen LogP) is 4.03. The van der Waals surface area contributed by atoms with Crippen molar-refractivity contribution in [1.29, 1.82) is 0 Å². The van der Waals surface area contributed by atoms with Gasteiger partial charge in [-0.25, -0.2) is 0 Å². The van der Waals surface area contributed by atoms with Crippen LogP contribution in [0.5, 0.6) is 5.75 Å². The van der Waals surface area contributed by atoms with Crippen molar-refractivity contribution in [2.24, 2.45) is 0 Å². The van der Waals surface area contributed by atoms with E-state index >= 15 is 0 Å². The molecule has 0 amide bonds. The smallest absolute Gasteiger partial charge is 0.277 e. The fraction of sp³-hybridized carbons (Fsp3) is 0.167. The largest absolute Gasteiger partial charge is 0.496 e. The Hall–Kier alpha value is -2.60. The molecule has 0 saturated heterocycles. The molecule has 0 spiro atoms. The minimum Gasteiger partial charge on any atom is -0.496 e. The first kappa shape index (κ1) is 16.3. The van der Waals surface area contributed by atoms with Crippen LogP contribution in [0.3, 0.4) is 0 Å². The Bertz CT molecular complexity index is 861. The Balaban J connectivity index is 1.70. The summed E-state index contributed by atoms with van der Waals surface area (Å²) in [5, 5.41) is 8.43. The predicted molar refractivity (Wildman–Crippen MR) is 92.5 cm³/mol. The number of ketones is 1. The van der Waals surface area contributed by atoms with Gasteiger partial charge in [-0.2, -0.15) is 0 Å². The molecule has 5 nitrogen and oxygen atoms in total. The number of hydrogen-bond donors (Lipinski definition) is 0. The van der Waals surface area contributed by atoms with E-state index in [4.69, 9.17) is 9.15 Å². The highest BCUT2D eigenvalue weighted by atomic mass is 32.2. The van der Waals surface area contributed by atoms with Crippen molar-refractivity contribution in [3.63, 3.8) is 0 Å². The second-order valence-corrected chi connectivity index (χ2v) is 6.03. The second kappa shape index (κ2) is 7.31. The molecule has 0 saturated carbocycles. The van der Waals surface area contributed by atoms with Gasteiger partial charge in [0.2, 0.25) is 5.89 Å². The van der Waals surface area contributed by atoms with Gasteiger partial charge in [-0.15, -0.1) is 10.2 Å².